The molecular weight excluding hydrogens is 342 g/mol. The highest BCUT2D eigenvalue weighted by atomic mass is 32.2. The van der Waals surface area contributed by atoms with Gasteiger partial charge in [0.25, 0.3) is 0 Å². The number of benzene rings is 1. The van der Waals surface area contributed by atoms with Crippen molar-refractivity contribution in [2.75, 3.05) is 28.5 Å². The number of carbonyl (C=O) groups is 2. The lowest BCUT2D eigenvalue weighted by Gasteiger charge is -2.17. The van der Waals surface area contributed by atoms with Gasteiger partial charge in [0.2, 0.25) is 21.8 Å². The van der Waals surface area contributed by atoms with Gasteiger partial charge in [0.05, 0.1) is 11.4 Å². The van der Waals surface area contributed by atoms with Crippen LogP contribution < -0.4 is 14.9 Å². The van der Waals surface area contributed by atoms with Crippen LogP contribution in [0.3, 0.4) is 0 Å². The van der Waals surface area contributed by atoms with Crippen molar-refractivity contribution in [3.63, 3.8) is 0 Å². The molecule has 1 aliphatic heterocycles. The Hall–Kier alpha value is -2.09. The van der Waals surface area contributed by atoms with Gasteiger partial charge in [-0.1, -0.05) is 0 Å². The third kappa shape index (κ3) is 4.72. The van der Waals surface area contributed by atoms with Crippen molar-refractivity contribution >= 4 is 33.2 Å². The van der Waals surface area contributed by atoms with E-state index < -0.39 is 10.0 Å². The predicted molar refractivity (Wildman–Crippen MR) is 95.8 cm³/mol. The molecule has 0 radical (unpaired) electrons. The summed E-state index contributed by atoms with van der Waals surface area (Å²) in [7, 11) is -3.19. The SMILES string of the molecule is O=C(CCCNC(=O)C1CC1)Nc1ccc(N2CCCS2(=O)=O)cc1. The quantitative estimate of drug-likeness (QED) is 0.715. The Bertz CT molecular complexity index is 742. The maximum absolute atomic E-state index is 11.9. The molecule has 2 N–H and O–H groups in total. The minimum atomic E-state index is -3.19. The highest BCUT2D eigenvalue weighted by molar-refractivity contribution is 7.93. The first-order chi connectivity index (χ1) is 12.0. The Labute approximate surface area is 147 Å². The molecule has 2 amide bonds. The number of hydrogen-bond acceptors (Lipinski definition) is 4. The molecular formula is C17H23N3O4S. The summed E-state index contributed by atoms with van der Waals surface area (Å²) in [6, 6.07) is 6.81. The van der Waals surface area contributed by atoms with Gasteiger partial charge in [-0.2, -0.15) is 0 Å². The average molecular weight is 365 g/mol. The Morgan fingerprint density at radius 2 is 1.88 bits per heavy atom. The van der Waals surface area contributed by atoms with Crippen molar-refractivity contribution in [1.29, 1.82) is 0 Å². The maximum atomic E-state index is 11.9. The van der Waals surface area contributed by atoms with Crippen molar-refractivity contribution in [2.24, 2.45) is 5.92 Å². The number of amides is 2. The monoisotopic (exact) mass is 365 g/mol. The van der Waals surface area contributed by atoms with E-state index in [0.29, 0.717) is 43.7 Å². The second-order valence-electron chi connectivity index (χ2n) is 6.51. The molecule has 1 aliphatic carbocycles. The average Bonchev–Trinajstić information content (AvgIpc) is 3.36. The van der Waals surface area contributed by atoms with Gasteiger partial charge in [0, 0.05) is 31.1 Å². The fourth-order valence-electron chi connectivity index (χ4n) is 2.81. The second-order valence-corrected chi connectivity index (χ2v) is 8.52. The molecule has 2 aliphatic rings. The minimum absolute atomic E-state index is 0.0906. The van der Waals surface area contributed by atoms with E-state index in [0.717, 1.165) is 12.8 Å². The molecule has 3 rings (SSSR count). The van der Waals surface area contributed by atoms with E-state index in [2.05, 4.69) is 10.6 Å². The third-order valence-corrected chi connectivity index (χ3v) is 6.24. The number of rotatable bonds is 7. The van der Waals surface area contributed by atoms with Crippen LogP contribution in [0.2, 0.25) is 0 Å². The zero-order chi connectivity index (χ0) is 17.9. The van der Waals surface area contributed by atoms with Crippen LogP contribution in [0.1, 0.15) is 32.1 Å². The highest BCUT2D eigenvalue weighted by Crippen LogP contribution is 2.28. The van der Waals surface area contributed by atoms with Crippen LogP contribution in [0.4, 0.5) is 11.4 Å². The van der Waals surface area contributed by atoms with E-state index in [-0.39, 0.29) is 23.5 Å². The van der Waals surface area contributed by atoms with Crippen molar-refractivity contribution < 1.29 is 18.0 Å². The first-order valence-corrected chi connectivity index (χ1v) is 10.2. The van der Waals surface area contributed by atoms with Crippen LogP contribution >= 0.6 is 0 Å². The Morgan fingerprint density at radius 1 is 1.16 bits per heavy atom. The maximum Gasteiger partial charge on any atom is 0.235 e. The van der Waals surface area contributed by atoms with Gasteiger partial charge in [-0.15, -0.1) is 0 Å². The van der Waals surface area contributed by atoms with E-state index in [9.17, 15) is 18.0 Å². The van der Waals surface area contributed by atoms with Crippen LogP contribution in [-0.4, -0.2) is 39.1 Å². The number of nitrogens with zero attached hydrogens (tertiary/aromatic N) is 1. The van der Waals surface area contributed by atoms with Gasteiger partial charge >= 0.3 is 0 Å². The fourth-order valence-corrected chi connectivity index (χ4v) is 4.38. The predicted octanol–water partition coefficient (Wildman–Crippen LogP) is 1.47. The lowest BCUT2D eigenvalue weighted by atomic mass is 10.2. The van der Waals surface area contributed by atoms with Crippen LogP contribution in [-0.2, 0) is 19.6 Å². The summed E-state index contributed by atoms with van der Waals surface area (Å²) >= 11 is 0. The molecule has 136 valence electrons. The second kappa shape index (κ2) is 7.43. The van der Waals surface area contributed by atoms with E-state index in [1.807, 2.05) is 0 Å². The molecule has 1 saturated carbocycles. The summed E-state index contributed by atoms with van der Waals surface area (Å²) < 4.78 is 25.2. The Balaban J connectivity index is 1.43. The van der Waals surface area contributed by atoms with Crippen LogP contribution in [0.15, 0.2) is 24.3 Å². The molecule has 8 heteroatoms. The topological polar surface area (TPSA) is 95.6 Å². The van der Waals surface area contributed by atoms with Crippen molar-refractivity contribution in [3.05, 3.63) is 24.3 Å². The minimum Gasteiger partial charge on any atom is -0.356 e. The molecule has 1 aromatic rings. The summed E-state index contributed by atoms with van der Waals surface area (Å²) in [6.45, 7) is 1.01. The first-order valence-electron chi connectivity index (χ1n) is 8.64. The van der Waals surface area contributed by atoms with Crippen molar-refractivity contribution in [2.45, 2.75) is 32.1 Å². The molecule has 25 heavy (non-hydrogen) atoms. The van der Waals surface area contributed by atoms with Gasteiger partial charge in [0.1, 0.15) is 0 Å². The first kappa shape index (κ1) is 17.7. The van der Waals surface area contributed by atoms with E-state index in [4.69, 9.17) is 0 Å². The Morgan fingerprint density at radius 3 is 2.48 bits per heavy atom. The lowest BCUT2D eigenvalue weighted by Crippen LogP contribution is -2.26. The van der Waals surface area contributed by atoms with Gasteiger partial charge < -0.3 is 10.6 Å². The number of nitrogens with one attached hydrogen (secondary N) is 2. The standard InChI is InChI=1S/C17H23N3O4S/c21-16(3-1-10-18-17(22)13-4-5-13)19-14-6-8-15(9-7-14)20-11-2-12-25(20,23)24/h6-9,13H,1-5,10-12H2,(H,18,22)(H,19,21). The summed E-state index contributed by atoms with van der Waals surface area (Å²) in [5, 5.41) is 5.61. The fraction of sp³-hybridized carbons (Fsp3) is 0.529. The molecule has 1 aromatic carbocycles. The van der Waals surface area contributed by atoms with E-state index in [1.165, 1.54) is 4.31 Å². The molecule has 0 unspecified atom stereocenters. The molecule has 1 saturated heterocycles. The van der Waals surface area contributed by atoms with Gasteiger partial charge in [0.15, 0.2) is 0 Å². The molecule has 0 aromatic heterocycles. The number of anilines is 2. The largest absolute Gasteiger partial charge is 0.356 e. The summed E-state index contributed by atoms with van der Waals surface area (Å²) in [6.07, 6.45) is 3.50. The molecule has 0 spiro atoms. The molecule has 7 nitrogen and oxygen atoms in total. The number of carbonyl (C=O) groups excluding carboxylic acids is 2. The van der Waals surface area contributed by atoms with Gasteiger partial charge in [-0.3, -0.25) is 13.9 Å². The molecule has 0 bridgehead atoms. The van der Waals surface area contributed by atoms with Crippen LogP contribution in [0.25, 0.3) is 0 Å². The third-order valence-electron chi connectivity index (χ3n) is 4.37. The normalized spacial score (nSPS) is 18.8. The molecule has 0 atom stereocenters. The van der Waals surface area contributed by atoms with Crippen LogP contribution in [0, 0.1) is 5.92 Å². The molecule has 2 fully saturated rings. The van der Waals surface area contributed by atoms with Crippen LogP contribution in [0.5, 0.6) is 0 Å². The van der Waals surface area contributed by atoms with Gasteiger partial charge in [-0.25, -0.2) is 8.42 Å². The summed E-state index contributed by atoms with van der Waals surface area (Å²) in [5.41, 5.74) is 1.26. The highest BCUT2D eigenvalue weighted by Gasteiger charge is 2.29. The summed E-state index contributed by atoms with van der Waals surface area (Å²) in [4.78, 5) is 23.4. The lowest BCUT2D eigenvalue weighted by molar-refractivity contribution is -0.122. The van der Waals surface area contributed by atoms with E-state index in [1.54, 1.807) is 24.3 Å². The number of hydrogen-bond donors (Lipinski definition) is 2. The summed E-state index contributed by atoms with van der Waals surface area (Å²) in [5.74, 6) is 0.338. The van der Waals surface area contributed by atoms with Gasteiger partial charge in [-0.05, 0) is 49.9 Å². The molecule has 1 heterocycles. The van der Waals surface area contributed by atoms with Crippen molar-refractivity contribution in [1.82, 2.24) is 5.32 Å². The zero-order valence-electron chi connectivity index (χ0n) is 14.0. The zero-order valence-corrected chi connectivity index (χ0v) is 14.8. The van der Waals surface area contributed by atoms with Crippen molar-refractivity contribution in [3.8, 4) is 0 Å². The van der Waals surface area contributed by atoms with E-state index >= 15 is 0 Å². The smallest absolute Gasteiger partial charge is 0.235 e. The Kier molecular flexibility index (Phi) is 5.27. The number of sulfonamides is 1.